The van der Waals surface area contributed by atoms with Crippen molar-refractivity contribution < 1.29 is 23.1 Å². The lowest BCUT2D eigenvalue weighted by Gasteiger charge is -2.14. The van der Waals surface area contributed by atoms with Crippen molar-refractivity contribution >= 4 is 17.2 Å². The Hall–Kier alpha value is -1.93. The number of hydrogen-bond acceptors (Lipinski definition) is 4. The van der Waals surface area contributed by atoms with Crippen LogP contribution in [0, 0.1) is 6.92 Å². The maximum absolute atomic E-state index is 12.2. The summed E-state index contributed by atoms with van der Waals surface area (Å²) in [5.74, 6) is -0.492. The average molecular weight is 344 g/mol. The first-order valence-corrected chi connectivity index (χ1v) is 7.71. The Bertz CT molecular complexity index is 685. The molecule has 0 fully saturated rings. The summed E-state index contributed by atoms with van der Waals surface area (Å²) in [6.07, 6.45) is -7.69. The number of thiazole rings is 1. The molecule has 0 radical (unpaired) electrons. The van der Waals surface area contributed by atoms with E-state index in [9.17, 15) is 18.0 Å². The minimum atomic E-state index is -4.67. The molecule has 0 aliphatic heterocycles. The summed E-state index contributed by atoms with van der Waals surface area (Å²) < 4.78 is 36.5. The first-order chi connectivity index (χ1) is 10.8. The van der Waals surface area contributed by atoms with Crippen LogP contribution in [0.1, 0.15) is 21.8 Å². The summed E-state index contributed by atoms with van der Waals surface area (Å²) >= 11 is 1.49. The fourth-order valence-corrected chi connectivity index (χ4v) is 2.53. The standard InChI is InChI=1S/C15H15F3N2O2S/c1-9-20-12(8-23-9)10-3-2-4-11(7-10)14(22)19-6-5-13(21)15(16,17)18/h2-4,7-8,13,21H,5-6H2,1H3,(H,19,22)/t13-/m1/s1. The Balaban J connectivity index is 1.98. The van der Waals surface area contributed by atoms with Crippen molar-refractivity contribution in [3.63, 3.8) is 0 Å². The number of aromatic nitrogens is 1. The first-order valence-electron chi connectivity index (χ1n) is 6.83. The van der Waals surface area contributed by atoms with Crippen LogP contribution < -0.4 is 5.32 Å². The molecule has 124 valence electrons. The van der Waals surface area contributed by atoms with Crippen LogP contribution in [0.5, 0.6) is 0 Å². The number of aryl methyl sites for hydroxylation is 1. The molecule has 2 aromatic rings. The Morgan fingerprint density at radius 2 is 2.17 bits per heavy atom. The third-order valence-electron chi connectivity index (χ3n) is 3.12. The SMILES string of the molecule is Cc1nc(-c2cccc(C(=O)NCC[C@@H](O)C(F)(F)F)c2)cs1. The van der Waals surface area contributed by atoms with Crippen molar-refractivity contribution in [2.45, 2.75) is 25.6 Å². The van der Waals surface area contributed by atoms with Crippen molar-refractivity contribution in [2.75, 3.05) is 6.54 Å². The second-order valence-corrected chi connectivity index (χ2v) is 6.00. The van der Waals surface area contributed by atoms with E-state index < -0.39 is 24.6 Å². The molecule has 1 aromatic heterocycles. The van der Waals surface area contributed by atoms with Crippen LogP contribution in [-0.4, -0.2) is 34.8 Å². The van der Waals surface area contributed by atoms with Gasteiger partial charge in [0.1, 0.15) is 0 Å². The number of halogens is 3. The number of hydrogen-bond donors (Lipinski definition) is 2. The zero-order valence-corrected chi connectivity index (χ0v) is 13.0. The number of rotatable bonds is 5. The van der Waals surface area contributed by atoms with Gasteiger partial charge in [0.2, 0.25) is 0 Å². The molecular weight excluding hydrogens is 329 g/mol. The van der Waals surface area contributed by atoms with Gasteiger partial charge in [0.05, 0.1) is 10.7 Å². The molecule has 0 saturated carbocycles. The van der Waals surface area contributed by atoms with Gasteiger partial charge in [-0.2, -0.15) is 13.2 Å². The predicted molar refractivity (Wildman–Crippen MR) is 81.3 cm³/mol. The molecule has 23 heavy (non-hydrogen) atoms. The molecule has 1 atom stereocenters. The smallest absolute Gasteiger partial charge is 0.384 e. The minimum absolute atomic E-state index is 0.264. The van der Waals surface area contributed by atoms with E-state index in [0.717, 1.165) is 16.3 Å². The highest BCUT2D eigenvalue weighted by atomic mass is 32.1. The molecule has 0 saturated heterocycles. The highest BCUT2D eigenvalue weighted by molar-refractivity contribution is 7.09. The Labute approximate surface area is 135 Å². The lowest BCUT2D eigenvalue weighted by molar-refractivity contribution is -0.204. The maximum atomic E-state index is 12.2. The third kappa shape index (κ3) is 4.77. The molecule has 0 unspecified atom stereocenters. The van der Waals surface area contributed by atoms with Crippen LogP contribution in [0.15, 0.2) is 29.6 Å². The maximum Gasteiger partial charge on any atom is 0.414 e. The second-order valence-electron chi connectivity index (χ2n) is 4.93. The van der Waals surface area contributed by atoms with Gasteiger partial charge in [-0.05, 0) is 25.5 Å². The van der Waals surface area contributed by atoms with E-state index in [4.69, 9.17) is 5.11 Å². The number of nitrogens with one attached hydrogen (secondary N) is 1. The lowest BCUT2D eigenvalue weighted by atomic mass is 10.1. The van der Waals surface area contributed by atoms with Crippen LogP contribution >= 0.6 is 11.3 Å². The predicted octanol–water partition coefficient (Wildman–Crippen LogP) is 3.16. The summed E-state index contributed by atoms with van der Waals surface area (Å²) in [5, 5.41) is 14.0. The van der Waals surface area contributed by atoms with Crippen molar-refractivity contribution in [3.05, 3.63) is 40.2 Å². The lowest BCUT2D eigenvalue weighted by Crippen LogP contribution is -2.34. The minimum Gasteiger partial charge on any atom is -0.384 e. The van der Waals surface area contributed by atoms with Crippen LogP contribution in [0.4, 0.5) is 13.2 Å². The number of alkyl halides is 3. The molecule has 4 nitrogen and oxygen atoms in total. The zero-order chi connectivity index (χ0) is 17.0. The molecule has 0 aliphatic carbocycles. The number of nitrogens with zero attached hydrogens (tertiary/aromatic N) is 1. The second kappa shape index (κ2) is 7.10. The van der Waals surface area contributed by atoms with Gasteiger partial charge in [0, 0.05) is 23.1 Å². The van der Waals surface area contributed by atoms with Gasteiger partial charge >= 0.3 is 6.18 Å². The number of aliphatic hydroxyl groups excluding tert-OH is 1. The molecule has 2 rings (SSSR count). The van der Waals surface area contributed by atoms with Crippen LogP contribution in [0.3, 0.4) is 0 Å². The van der Waals surface area contributed by atoms with Crippen LogP contribution in [0.25, 0.3) is 11.3 Å². The monoisotopic (exact) mass is 344 g/mol. The fourth-order valence-electron chi connectivity index (χ4n) is 1.90. The summed E-state index contributed by atoms with van der Waals surface area (Å²) in [6.45, 7) is 1.61. The van der Waals surface area contributed by atoms with E-state index in [1.165, 1.54) is 11.3 Å². The van der Waals surface area contributed by atoms with Crippen LogP contribution in [-0.2, 0) is 0 Å². The third-order valence-corrected chi connectivity index (χ3v) is 3.89. The normalized spacial score (nSPS) is 12.9. The highest BCUT2D eigenvalue weighted by Crippen LogP contribution is 2.23. The van der Waals surface area contributed by atoms with Gasteiger partial charge in [-0.3, -0.25) is 4.79 Å². The van der Waals surface area contributed by atoms with Gasteiger partial charge < -0.3 is 10.4 Å². The van der Waals surface area contributed by atoms with E-state index in [2.05, 4.69) is 10.3 Å². The Kier molecular flexibility index (Phi) is 5.38. The van der Waals surface area contributed by atoms with E-state index in [0.29, 0.717) is 5.56 Å². The molecule has 0 aliphatic rings. The van der Waals surface area contributed by atoms with E-state index >= 15 is 0 Å². The van der Waals surface area contributed by atoms with Gasteiger partial charge in [-0.25, -0.2) is 4.98 Å². The van der Waals surface area contributed by atoms with Gasteiger partial charge in [-0.1, -0.05) is 12.1 Å². The van der Waals surface area contributed by atoms with E-state index in [1.54, 1.807) is 24.3 Å². The molecule has 8 heteroatoms. The summed E-state index contributed by atoms with van der Waals surface area (Å²) in [6, 6.07) is 6.68. The van der Waals surface area contributed by atoms with Crippen molar-refractivity contribution in [3.8, 4) is 11.3 Å². The quantitative estimate of drug-likeness (QED) is 0.876. The molecule has 2 N–H and O–H groups in total. The molecule has 1 amide bonds. The summed E-state index contributed by atoms with van der Waals surface area (Å²) in [7, 11) is 0. The van der Waals surface area contributed by atoms with Crippen molar-refractivity contribution in [1.29, 1.82) is 0 Å². The molecular formula is C15H15F3N2O2S. The number of carbonyl (C=O) groups is 1. The van der Waals surface area contributed by atoms with Crippen LogP contribution in [0.2, 0.25) is 0 Å². The zero-order valence-electron chi connectivity index (χ0n) is 12.2. The highest BCUT2D eigenvalue weighted by Gasteiger charge is 2.37. The van der Waals surface area contributed by atoms with Crippen molar-refractivity contribution in [2.24, 2.45) is 0 Å². The first kappa shape index (κ1) is 17.4. The molecule has 0 bridgehead atoms. The van der Waals surface area contributed by atoms with Gasteiger partial charge in [0.25, 0.3) is 5.91 Å². The Morgan fingerprint density at radius 3 is 2.78 bits per heavy atom. The topological polar surface area (TPSA) is 62.2 Å². The Morgan fingerprint density at radius 1 is 1.43 bits per heavy atom. The summed E-state index contributed by atoms with van der Waals surface area (Å²) in [5.41, 5.74) is 1.83. The van der Waals surface area contributed by atoms with Crippen molar-refractivity contribution in [1.82, 2.24) is 10.3 Å². The average Bonchev–Trinajstić information content (AvgIpc) is 2.93. The van der Waals surface area contributed by atoms with Gasteiger partial charge in [-0.15, -0.1) is 11.3 Å². The fraction of sp³-hybridized carbons (Fsp3) is 0.333. The molecule has 1 heterocycles. The van der Waals surface area contributed by atoms with E-state index in [-0.39, 0.29) is 6.54 Å². The molecule has 0 spiro atoms. The summed E-state index contributed by atoms with van der Waals surface area (Å²) in [4.78, 5) is 16.3. The number of amides is 1. The number of benzene rings is 1. The number of carbonyl (C=O) groups excluding carboxylic acids is 1. The number of aliphatic hydroxyl groups is 1. The van der Waals surface area contributed by atoms with E-state index in [1.807, 2.05) is 12.3 Å². The van der Waals surface area contributed by atoms with Gasteiger partial charge in [0.15, 0.2) is 6.10 Å². The molecule has 1 aromatic carbocycles. The largest absolute Gasteiger partial charge is 0.414 e.